The van der Waals surface area contributed by atoms with Crippen LogP contribution in [0.4, 0.5) is 0 Å². The van der Waals surface area contributed by atoms with Crippen molar-refractivity contribution in [2.24, 2.45) is 0 Å². The number of carboxylic acid groups (broad SMARTS) is 1. The van der Waals surface area contributed by atoms with Crippen LogP contribution in [0.15, 0.2) is 24.3 Å². The number of rotatable bonds is 5. The van der Waals surface area contributed by atoms with Gasteiger partial charge in [0.1, 0.15) is 5.75 Å². The molecule has 0 aliphatic carbocycles. The highest BCUT2D eigenvalue weighted by Crippen LogP contribution is 2.23. The fourth-order valence-corrected chi connectivity index (χ4v) is 2.73. The summed E-state index contributed by atoms with van der Waals surface area (Å²) in [6.45, 7) is 3.11. The first kappa shape index (κ1) is 15.6. The SMILES string of the molecule is COc1ccc(C=CC(=O)O)cc1CN1CCCCCC1. The van der Waals surface area contributed by atoms with Gasteiger partial charge in [0.2, 0.25) is 0 Å². The number of methoxy groups -OCH3 is 1. The van der Waals surface area contributed by atoms with Gasteiger partial charge < -0.3 is 9.84 Å². The van der Waals surface area contributed by atoms with Crippen LogP contribution >= 0.6 is 0 Å². The monoisotopic (exact) mass is 289 g/mol. The molecular formula is C17H23NO3. The molecule has 1 saturated heterocycles. The van der Waals surface area contributed by atoms with E-state index >= 15 is 0 Å². The molecule has 1 N–H and O–H groups in total. The first-order valence-corrected chi connectivity index (χ1v) is 7.49. The second kappa shape index (κ2) is 7.84. The molecule has 21 heavy (non-hydrogen) atoms. The molecule has 0 radical (unpaired) electrons. The lowest BCUT2D eigenvalue weighted by molar-refractivity contribution is -0.131. The van der Waals surface area contributed by atoms with E-state index in [0.29, 0.717) is 0 Å². The lowest BCUT2D eigenvalue weighted by atomic mass is 10.1. The van der Waals surface area contributed by atoms with Gasteiger partial charge >= 0.3 is 5.97 Å². The quantitative estimate of drug-likeness (QED) is 0.846. The van der Waals surface area contributed by atoms with Crippen LogP contribution in [-0.4, -0.2) is 36.2 Å². The zero-order valence-electron chi connectivity index (χ0n) is 12.5. The van der Waals surface area contributed by atoms with Crippen molar-refractivity contribution in [3.63, 3.8) is 0 Å². The van der Waals surface area contributed by atoms with E-state index in [2.05, 4.69) is 4.90 Å². The van der Waals surface area contributed by atoms with E-state index < -0.39 is 5.97 Å². The van der Waals surface area contributed by atoms with Crippen molar-refractivity contribution in [3.8, 4) is 5.75 Å². The van der Waals surface area contributed by atoms with Crippen molar-refractivity contribution in [3.05, 3.63) is 35.4 Å². The van der Waals surface area contributed by atoms with E-state index in [9.17, 15) is 4.79 Å². The third-order valence-corrected chi connectivity index (χ3v) is 3.82. The molecule has 4 heteroatoms. The number of benzene rings is 1. The topological polar surface area (TPSA) is 49.8 Å². The van der Waals surface area contributed by atoms with Crippen LogP contribution in [-0.2, 0) is 11.3 Å². The van der Waals surface area contributed by atoms with Crippen molar-refractivity contribution in [1.82, 2.24) is 4.90 Å². The Balaban J connectivity index is 2.14. The van der Waals surface area contributed by atoms with Crippen molar-refractivity contribution in [2.75, 3.05) is 20.2 Å². The van der Waals surface area contributed by atoms with Gasteiger partial charge in [-0.15, -0.1) is 0 Å². The maximum Gasteiger partial charge on any atom is 0.328 e. The van der Waals surface area contributed by atoms with Crippen molar-refractivity contribution >= 4 is 12.0 Å². The average molecular weight is 289 g/mol. The van der Waals surface area contributed by atoms with Crippen molar-refractivity contribution < 1.29 is 14.6 Å². The Hall–Kier alpha value is -1.81. The zero-order valence-corrected chi connectivity index (χ0v) is 12.5. The van der Waals surface area contributed by atoms with Crippen LogP contribution in [0.2, 0.25) is 0 Å². The molecule has 1 aliphatic heterocycles. The smallest absolute Gasteiger partial charge is 0.328 e. The second-order valence-corrected chi connectivity index (χ2v) is 5.43. The van der Waals surface area contributed by atoms with E-state index in [1.807, 2.05) is 18.2 Å². The fourth-order valence-electron chi connectivity index (χ4n) is 2.73. The Morgan fingerprint density at radius 2 is 2.00 bits per heavy atom. The summed E-state index contributed by atoms with van der Waals surface area (Å²) in [6, 6.07) is 5.81. The zero-order chi connectivity index (χ0) is 15.1. The van der Waals surface area contributed by atoms with Crippen LogP contribution in [0.25, 0.3) is 6.08 Å². The van der Waals surface area contributed by atoms with Gasteiger partial charge in [-0.2, -0.15) is 0 Å². The summed E-state index contributed by atoms with van der Waals surface area (Å²) in [5, 5.41) is 8.72. The largest absolute Gasteiger partial charge is 0.496 e. The van der Waals surface area contributed by atoms with Crippen molar-refractivity contribution in [1.29, 1.82) is 0 Å². The molecule has 0 atom stereocenters. The molecule has 2 rings (SSSR count). The maximum atomic E-state index is 10.6. The Bertz CT molecular complexity index is 503. The lowest BCUT2D eigenvalue weighted by Crippen LogP contribution is -2.24. The Kier molecular flexibility index (Phi) is 5.81. The van der Waals surface area contributed by atoms with E-state index in [4.69, 9.17) is 9.84 Å². The number of carboxylic acids is 1. The highest BCUT2D eigenvalue weighted by Gasteiger charge is 2.12. The molecule has 114 valence electrons. The standard InChI is InChI=1S/C17H23NO3/c1-21-16-8-6-14(7-9-17(19)20)12-15(16)13-18-10-4-2-3-5-11-18/h6-9,12H,2-5,10-11,13H2,1H3,(H,19,20). The molecule has 1 aromatic rings. The number of hydrogen-bond donors (Lipinski definition) is 1. The molecule has 4 nitrogen and oxygen atoms in total. The van der Waals surface area contributed by atoms with Gasteiger partial charge in [0.25, 0.3) is 0 Å². The predicted molar refractivity (Wildman–Crippen MR) is 83.4 cm³/mol. The van der Waals surface area contributed by atoms with Gasteiger partial charge in [-0.05, 0) is 49.7 Å². The molecule has 0 spiro atoms. The number of hydrogen-bond acceptors (Lipinski definition) is 3. The molecule has 0 saturated carbocycles. The molecular weight excluding hydrogens is 266 g/mol. The first-order chi connectivity index (χ1) is 10.2. The van der Waals surface area contributed by atoms with E-state index in [1.165, 1.54) is 25.7 Å². The van der Waals surface area contributed by atoms with Gasteiger partial charge in [-0.1, -0.05) is 18.9 Å². The molecule has 1 aliphatic rings. The molecule has 0 bridgehead atoms. The average Bonchev–Trinajstić information content (AvgIpc) is 2.74. The minimum absolute atomic E-state index is 0.859. The summed E-state index contributed by atoms with van der Waals surface area (Å²) in [6.07, 6.45) is 7.91. The number of likely N-dealkylation sites (tertiary alicyclic amines) is 1. The van der Waals surface area contributed by atoms with Gasteiger partial charge in [-0.25, -0.2) is 4.79 Å². The number of nitrogens with zero attached hydrogens (tertiary/aromatic N) is 1. The minimum atomic E-state index is -0.931. The third kappa shape index (κ3) is 4.90. The van der Waals surface area contributed by atoms with Gasteiger partial charge in [-0.3, -0.25) is 4.90 Å². The first-order valence-electron chi connectivity index (χ1n) is 7.49. The second-order valence-electron chi connectivity index (χ2n) is 5.43. The number of carbonyl (C=O) groups is 1. The Labute approximate surface area is 126 Å². The maximum absolute atomic E-state index is 10.6. The lowest BCUT2D eigenvalue weighted by Gasteiger charge is -2.21. The van der Waals surface area contributed by atoms with Gasteiger partial charge in [0.15, 0.2) is 0 Å². The summed E-state index contributed by atoms with van der Waals surface area (Å²) < 4.78 is 5.43. The van der Waals surface area contributed by atoms with Crippen LogP contribution < -0.4 is 4.74 Å². The summed E-state index contributed by atoms with van der Waals surface area (Å²) in [7, 11) is 1.67. The molecule has 1 heterocycles. The predicted octanol–water partition coefficient (Wildman–Crippen LogP) is 3.17. The minimum Gasteiger partial charge on any atom is -0.496 e. The normalized spacial score (nSPS) is 16.8. The molecule has 1 fully saturated rings. The summed E-state index contributed by atoms with van der Waals surface area (Å²) >= 11 is 0. The molecule has 0 amide bonds. The van der Waals surface area contributed by atoms with Crippen LogP contribution in [0, 0.1) is 0 Å². The van der Waals surface area contributed by atoms with E-state index in [-0.39, 0.29) is 0 Å². The van der Waals surface area contributed by atoms with Crippen LogP contribution in [0.3, 0.4) is 0 Å². The van der Waals surface area contributed by atoms with Crippen LogP contribution in [0.5, 0.6) is 5.75 Å². The molecule has 1 aromatic carbocycles. The fraction of sp³-hybridized carbons (Fsp3) is 0.471. The summed E-state index contributed by atoms with van der Waals surface area (Å²) in [5.74, 6) is -0.0633. The third-order valence-electron chi connectivity index (χ3n) is 3.82. The van der Waals surface area contributed by atoms with Crippen molar-refractivity contribution in [2.45, 2.75) is 32.2 Å². The number of aliphatic carboxylic acids is 1. The highest BCUT2D eigenvalue weighted by molar-refractivity contribution is 5.85. The highest BCUT2D eigenvalue weighted by atomic mass is 16.5. The molecule has 0 unspecified atom stereocenters. The number of ether oxygens (including phenoxy) is 1. The van der Waals surface area contributed by atoms with E-state index in [0.717, 1.165) is 42.6 Å². The van der Waals surface area contributed by atoms with E-state index in [1.54, 1.807) is 13.2 Å². The van der Waals surface area contributed by atoms with Gasteiger partial charge in [0.05, 0.1) is 7.11 Å². The van der Waals surface area contributed by atoms with Gasteiger partial charge in [0, 0.05) is 18.2 Å². The Morgan fingerprint density at radius 3 is 2.62 bits per heavy atom. The summed E-state index contributed by atoms with van der Waals surface area (Å²) in [4.78, 5) is 13.1. The van der Waals surface area contributed by atoms with Crippen LogP contribution in [0.1, 0.15) is 36.8 Å². The molecule has 0 aromatic heterocycles. The Morgan fingerprint density at radius 1 is 1.29 bits per heavy atom. The summed E-state index contributed by atoms with van der Waals surface area (Å²) in [5.41, 5.74) is 2.01.